The van der Waals surface area contributed by atoms with E-state index in [1.54, 1.807) is 22.8 Å². The van der Waals surface area contributed by atoms with E-state index in [9.17, 15) is 18.0 Å². The van der Waals surface area contributed by atoms with Crippen molar-refractivity contribution in [2.45, 2.75) is 24.9 Å². The average Bonchev–Trinajstić information content (AvgIpc) is 3.20. The first-order valence-corrected chi connectivity index (χ1v) is 11.0. The van der Waals surface area contributed by atoms with Gasteiger partial charge in [-0.25, -0.2) is 4.98 Å². The van der Waals surface area contributed by atoms with Gasteiger partial charge in [0, 0.05) is 23.4 Å². The zero-order chi connectivity index (χ0) is 24.5. The number of nitrogens with zero attached hydrogens (tertiary/aromatic N) is 4. The first-order chi connectivity index (χ1) is 16.7. The Hall–Kier alpha value is -3.86. The monoisotopic (exact) mass is 483 g/mol. The molecule has 2 atom stereocenters. The third-order valence-corrected chi connectivity index (χ3v) is 6.67. The highest BCUT2D eigenvalue weighted by Crippen LogP contribution is 2.38. The van der Waals surface area contributed by atoms with Crippen LogP contribution in [0.15, 0.2) is 42.6 Å². The maximum Gasteiger partial charge on any atom is 0.573 e. The Morgan fingerprint density at radius 3 is 2.66 bits per heavy atom. The summed E-state index contributed by atoms with van der Waals surface area (Å²) < 4.78 is 49.0. The highest BCUT2D eigenvalue weighted by molar-refractivity contribution is 6.11. The summed E-state index contributed by atoms with van der Waals surface area (Å²) in [4.78, 5) is 20.1. The van der Waals surface area contributed by atoms with Gasteiger partial charge in [-0.3, -0.25) is 9.48 Å². The number of morpholine rings is 1. The number of benzene rings is 2. The normalized spacial score (nSPS) is 20.2. The molecule has 2 aromatic heterocycles. The number of carbonyl (C=O) groups is 1. The summed E-state index contributed by atoms with van der Waals surface area (Å²) in [5.41, 5.74) is 9.65. The minimum absolute atomic E-state index is 0.157. The molecule has 0 saturated carbocycles. The highest BCUT2D eigenvalue weighted by atomic mass is 19.4. The number of amides is 1. The lowest BCUT2D eigenvalue weighted by molar-refractivity contribution is -0.274. The lowest BCUT2D eigenvalue weighted by Gasteiger charge is -2.45. The molecule has 4 aromatic rings. The zero-order valence-corrected chi connectivity index (χ0v) is 18.5. The quantitative estimate of drug-likeness (QED) is 0.467. The molecule has 0 bridgehead atoms. The van der Waals surface area contributed by atoms with Gasteiger partial charge in [0.15, 0.2) is 0 Å². The van der Waals surface area contributed by atoms with Crippen LogP contribution >= 0.6 is 0 Å². The minimum Gasteiger partial charge on any atom is -0.406 e. The van der Waals surface area contributed by atoms with Gasteiger partial charge in [0.2, 0.25) is 0 Å². The second-order valence-corrected chi connectivity index (χ2v) is 8.79. The van der Waals surface area contributed by atoms with Gasteiger partial charge in [-0.15, -0.1) is 13.2 Å². The fourth-order valence-corrected chi connectivity index (χ4v) is 5.17. The first kappa shape index (κ1) is 21.7. The van der Waals surface area contributed by atoms with E-state index in [1.807, 2.05) is 12.1 Å². The molecule has 2 aromatic carbocycles. The van der Waals surface area contributed by atoms with Crippen LogP contribution in [0.2, 0.25) is 0 Å². The Labute approximate surface area is 197 Å². The Morgan fingerprint density at radius 2 is 1.91 bits per heavy atom. The van der Waals surface area contributed by atoms with Crippen LogP contribution in [0, 0.1) is 0 Å². The summed E-state index contributed by atoms with van der Waals surface area (Å²) in [5.74, 6) is -0.102. The molecular weight excluding hydrogens is 463 g/mol. The zero-order valence-electron chi connectivity index (χ0n) is 18.5. The van der Waals surface area contributed by atoms with E-state index in [4.69, 9.17) is 10.5 Å². The Kier molecular flexibility index (Phi) is 4.69. The van der Waals surface area contributed by atoms with E-state index in [1.165, 1.54) is 24.3 Å². The van der Waals surface area contributed by atoms with E-state index in [-0.39, 0.29) is 24.3 Å². The molecule has 35 heavy (non-hydrogen) atoms. The lowest BCUT2D eigenvalue weighted by Crippen LogP contribution is -2.54. The standard InChI is InChI=1S/C24H20F3N5O3/c1-31-21-18(9-29-31)17-8-16-13(7-19(17)30-22(21)28)6-14-10-34-11-20(32(14)23(16)33)12-2-4-15(5-3-12)35-24(25,26)27/h2-5,7-9,14,20H,6,10-11H2,1H3,(H2,28,30)/t14-,20-/m1/s1. The second-order valence-electron chi connectivity index (χ2n) is 8.79. The number of nitrogens with two attached hydrogens (primary N) is 1. The van der Waals surface area contributed by atoms with Crippen LogP contribution in [0.3, 0.4) is 0 Å². The Bertz CT molecular complexity index is 1480. The van der Waals surface area contributed by atoms with E-state index in [0.717, 1.165) is 16.3 Å². The number of aromatic nitrogens is 3. The summed E-state index contributed by atoms with van der Waals surface area (Å²) in [7, 11) is 1.78. The number of alkyl halides is 3. The summed E-state index contributed by atoms with van der Waals surface area (Å²) in [5, 5.41) is 5.88. The van der Waals surface area contributed by atoms with Gasteiger partial charge >= 0.3 is 6.36 Å². The van der Waals surface area contributed by atoms with Crippen LogP contribution in [0.1, 0.15) is 27.5 Å². The van der Waals surface area contributed by atoms with Crippen LogP contribution < -0.4 is 10.5 Å². The van der Waals surface area contributed by atoms with Crippen molar-refractivity contribution in [1.82, 2.24) is 19.7 Å². The van der Waals surface area contributed by atoms with Gasteiger partial charge < -0.3 is 20.1 Å². The molecule has 2 aliphatic heterocycles. The molecule has 0 radical (unpaired) electrons. The maximum atomic E-state index is 13.8. The van der Waals surface area contributed by atoms with Crippen molar-refractivity contribution in [2.24, 2.45) is 7.05 Å². The van der Waals surface area contributed by atoms with E-state index in [0.29, 0.717) is 41.0 Å². The number of pyridine rings is 1. The Balaban J connectivity index is 1.40. The molecule has 2 N–H and O–H groups in total. The summed E-state index contributed by atoms with van der Waals surface area (Å²) in [6, 6.07) is 8.65. The van der Waals surface area contributed by atoms with Gasteiger partial charge in [0.1, 0.15) is 17.1 Å². The number of carbonyl (C=O) groups excluding carboxylic acids is 1. The molecule has 1 amide bonds. The van der Waals surface area contributed by atoms with Crippen LogP contribution in [-0.2, 0) is 18.2 Å². The predicted octanol–water partition coefficient (Wildman–Crippen LogP) is 3.74. The van der Waals surface area contributed by atoms with Crippen LogP contribution in [-0.4, -0.2) is 51.2 Å². The molecule has 0 aliphatic carbocycles. The van der Waals surface area contributed by atoms with Crippen molar-refractivity contribution < 1.29 is 27.4 Å². The van der Waals surface area contributed by atoms with Gasteiger partial charge in [0.25, 0.3) is 5.91 Å². The van der Waals surface area contributed by atoms with Crippen molar-refractivity contribution in [1.29, 1.82) is 0 Å². The number of ether oxygens (including phenoxy) is 2. The summed E-state index contributed by atoms with van der Waals surface area (Å²) in [6.45, 7) is 0.613. The number of aryl methyl sites for hydroxylation is 1. The van der Waals surface area contributed by atoms with Crippen LogP contribution in [0.5, 0.6) is 5.75 Å². The highest BCUT2D eigenvalue weighted by Gasteiger charge is 2.41. The number of hydrogen-bond acceptors (Lipinski definition) is 6. The van der Waals surface area contributed by atoms with Gasteiger partial charge in [-0.1, -0.05) is 12.1 Å². The SMILES string of the molecule is Cn1ncc2c3cc4c(cc3nc(N)c21)C[C@@H]1COC[C@H](c2ccc(OC(F)(F)F)cc2)N1C4=O. The molecule has 1 fully saturated rings. The molecule has 11 heteroatoms. The van der Waals surface area contributed by atoms with Crippen molar-refractivity contribution >= 4 is 33.5 Å². The number of halogens is 3. The van der Waals surface area contributed by atoms with Gasteiger partial charge in [0.05, 0.1) is 37.0 Å². The molecule has 4 heterocycles. The lowest BCUT2D eigenvalue weighted by atomic mass is 9.88. The van der Waals surface area contributed by atoms with Gasteiger partial charge in [-0.05, 0) is 41.8 Å². The number of hydrogen-bond donors (Lipinski definition) is 1. The maximum absolute atomic E-state index is 13.8. The smallest absolute Gasteiger partial charge is 0.406 e. The third-order valence-electron chi connectivity index (χ3n) is 6.67. The first-order valence-electron chi connectivity index (χ1n) is 11.0. The van der Waals surface area contributed by atoms with E-state index in [2.05, 4.69) is 14.8 Å². The van der Waals surface area contributed by atoms with Crippen molar-refractivity contribution in [3.63, 3.8) is 0 Å². The molecule has 2 aliphatic rings. The molecule has 1 saturated heterocycles. The van der Waals surface area contributed by atoms with Crippen LogP contribution in [0.4, 0.5) is 19.0 Å². The molecule has 180 valence electrons. The second kappa shape index (κ2) is 7.57. The van der Waals surface area contributed by atoms with E-state index >= 15 is 0 Å². The topological polar surface area (TPSA) is 95.5 Å². The van der Waals surface area contributed by atoms with Crippen molar-refractivity contribution in [3.8, 4) is 5.75 Å². The van der Waals surface area contributed by atoms with E-state index < -0.39 is 12.4 Å². The summed E-state index contributed by atoms with van der Waals surface area (Å²) >= 11 is 0. The predicted molar refractivity (Wildman–Crippen MR) is 121 cm³/mol. The minimum atomic E-state index is -4.77. The number of anilines is 1. The number of rotatable bonds is 2. The molecular formula is C24H20F3N5O3. The summed E-state index contributed by atoms with van der Waals surface area (Å²) in [6.07, 6.45) is -2.50. The molecule has 0 unspecified atom stereocenters. The molecule has 0 spiro atoms. The largest absolute Gasteiger partial charge is 0.573 e. The van der Waals surface area contributed by atoms with Crippen molar-refractivity contribution in [3.05, 3.63) is 59.3 Å². The third kappa shape index (κ3) is 3.54. The Morgan fingerprint density at radius 1 is 1.14 bits per heavy atom. The average molecular weight is 483 g/mol. The van der Waals surface area contributed by atoms with Crippen LogP contribution in [0.25, 0.3) is 21.8 Å². The fourth-order valence-electron chi connectivity index (χ4n) is 5.17. The fraction of sp³-hybridized carbons (Fsp3) is 0.292. The molecule has 8 nitrogen and oxygen atoms in total. The van der Waals surface area contributed by atoms with Crippen molar-refractivity contribution in [2.75, 3.05) is 18.9 Å². The molecule has 6 rings (SSSR count). The number of fused-ring (bicyclic) bond motifs is 5. The number of nitrogen functional groups attached to an aromatic ring is 1. The van der Waals surface area contributed by atoms with Gasteiger partial charge in [-0.2, -0.15) is 5.10 Å².